The molecule has 0 radical (unpaired) electrons. The van der Waals surface area contributed by atoms with Gasteiger partial charge in [0.25, 0.3) is 10.0 Å². The normalized spacial score (nSPS) is 16.5. The van der Waals surface area contributed by atoms with Crippen molar-refractivity contribution in [3.05, 3.63) is 65.6 Å². The number of hydrogen-bond donors (Lipinski definition) is 2. The van der Waals surface area contributed by atoms with Gasteiger partial charge >= 0.3 is 12.2 Å². The summed E-state index contributed by atoms with van der Waals surface area (Å²) in [6.45, 7) is 9.19. The molecule has 2 aliphatic rings. The van der Waals surface area contributed by atoms with Gasteiger partial charge in [0, 0.05) is 36.7 Å². The van der Waals surface area contributed by atoms with Gasteiger partial charge in [0.1, 0.15) is 33.6 Å². The second-order valence-corrected chi connectivity index (χ2v) is 15.6. The number of aromatic nitrogens is 3. The topological polar surface area (TPSA) is 162 Å². The monoisotopic (exact) mass is 745 g/mol. The number of imide groups is 1. The lowest BCUT2D eigenvalue weighted by Crippen LogP contribution is -2.41. The fraction of sp³-hybridized carbons (Fsp3) is 0.429. The van der Waals surface area contributed by atoms with Gasteiger partial charge in [-0.3, -0.25) is 9.40 Å². The predicted octanol–water partition coefficient (Wildman–Crippen LogP) is 7.72. The third-order valence-electron chi connectivity index (χ3n) is 8.88. The Morgan fingerprint density at radius 2 is 1.71 bits per heavy atom. The zero-order valence-corrected chi connectivity index (χ0v) is 29.9. The van der Waals surface area contributed by atoms with E-state index in [-0.39, 0.29) is 21.9 Å². The van der Waals surface area contributed by atoms with Crippen molar-refractivity contribution in [3.8, 4) is 11.3 Å². The second-order valence-electron chi connectivity index (χ2n) is 14.0. The molecule has 1 aliphatic carbocycles. The summed E-state index contributed by atoms with van der Waals surface area (Å²) in [7, 11) is -4.68. The van der Waals surface area contributed by atoms with Crippen LogP contribution < -0.4 is 9.62 Å². The lowest BCUT2D eigenvalue weighted by Gasteiger charge is -2.35. The molecule has 0 bridgehead atoms. The number of carboxylic acid groups (broad SMARTS) is 1. The highest BCUT2D eigenvalue weighted by atomic mass is 32.2. The average Bonchev–Trinajstić information content (AvgIpc) is 3.68. The van der Waals surface area contributed by atoms with Gasteiger partial charge in [0.05, 0.1) is 29.8 Å². The number of nitrogens with one attached hydrogen (secondary N) is 1. The maximum Gasteiger partial charge on any atom is 0.425 e. The Bertz CT molecular complexity index is 2150. The molecule has 2 fully saturated rings. The SMILES string of the molecule is CC(C)n1nc(-c2cc(F)c(NS(=O)(=O)c3ccccc3F)cc2F)c2c(N(C(=O)O)C(=O)OC(C)(C)C)ncc(C3CCC4(CC3)OCCO4)c21. The number of anilines is 2. The molecule has 13 nitrogen and oxygen atoms in total. The molecule has 1 spiro atoms. The van der Waals surface area contributed by atoms with Crippen LogP contribution in [0.1, 0.15) is 77.8 Å². The van der Waals surface area contributed by atoms with E-state index in [1.807, 2.05) is 4.72 Å². The Kier molecular flexibility index (Phi) is 9.73. The summed E-state index contributed by atoms with van der Waals surface area (Å²) in [5, 5.41) is 14.9. The molecule has 4 aromatic rings. The van der Waals surface area contributed by atoms with E-state index in [0.717, 1.165) is 12.1 Å². The molecule has 2 N–H and O–H groups in total. The largest absolute Gasteiger partial charge is 0.464 e. The summed E-state index contributed by atoms with van der Waals surface area (Å²) >= 11 is 0. The lowest BCUT2D eigenvalue weighted by molar-refractivity contribution is -0.178. The van der Waals surface area contributed by atoms with Crippen LogP contribution in [0.4, 0.5) is 34.3 Å². The molecule has 1 aliphatic heterocycles. The highest BCUT2D eigenvalue weighted by Crippen LogP contribution is 2.47. The van der Waals surface area contributed by atoms with Crippen LogP contribution in [0, 0.1) is 17.5 Å². The zero-order valence-electron chi connectivity index (χ0n) is 29.1. The molecular weight excluding hydrogens is 707 g/mol. The molecule has 1 saturated heterocycles. The molecule has 17 heteroatoms. The van der Waals surface area contributed by atoms with Crippen LogP contribution in [0.5, 0.6) is 0 Å². The number of fused-ring (bicyclic) bond motifs is 1. The number of carbonyl (C=O) groups is 2. The molecule has 0 atom stereocenters. The van der Waals surface area contributed by atoms with Crippen LogP contribution in [-0.4, -0.2) is 65.1 Å². The summed E-state index contributed by atoms with van der Waals surface area (Å²) in [4.78, 5) is 30.1. The van der Waals surface area contributed by atoms with Gasteiger partial charge in [0.2, 0.25) is 0 Å². The van der Waals surface area contributed by atoms with E-state index in [1.165, 1.54) is 23.0 Å². The Labute approximate surface area is 297 Å². The minimum Gasteiger partial charge on any atom is -0.464 e. The molecule has 0 unspecified atom stereocenters. The first kappa shape index (κ1) is 37.0. The standard InChI is InChI=1S/C35H38F3N5O8S/c1-19(2)43-30-22(20-10-12-35(13-11-20)49-14-15-50-35)18-39-31(42(32(44)45)33(46)51-34(3,4)5)28(30)29(40-43)21-16-25(38)26(17-24(21)37)41-52(47,48)27-9-7-6-8-23(27)36/h6-9,16-20,41H,10-15H2,1-5H3,(H,44,45). The average molecular weight is 746 g/mol. The molecule has 278 valence electrons. The molecule has 2 amide bonds. The zero-order chi connectivity index (χ0) is 37.7. The van der Waals surface area contributed by atoms with Crippen molar-refractivity contribution in [2.75, 3.05) is 22.8 Å². The highest BCUT2D eigenvalue weighted by Gasteiger charge is 2.42. The van der Waals surface area contributed by atoms with E-state index in [9.17, 15) is 27.5 Å². The first-order valence-electron chi connectivity index (χ1n) is 16.6. The first-order valence-corrected chi connectivity index (χ1v) is 18.1. The first-order chi connectivity index (χ1) is 24.4. The Morgan fingerprint density at radius 3 is 2.31 bits per heavy atom. The van der Waals surface area contributed by atoms with Crippen molar-refractivity contribution < 1.29 is 50.5 Å². The fourth-order valence-electron chi connectivity index (χ4n) is 6.60. The van der Waals surface area contributed by atoms with Crippen LogP contribution in [-0.2, 0) is 24.2 Å². The lowest BCUT2D eigenvalue weighted by atomic mass is 9.80. The number of benzene rings is 2. The quantitative estimate of drug-likeness (QED) is 0.192. The van der Waals surface area contributed by atoms with Gasteiger partial charge in [0.15, 0.2) is 11.6 Å². The van der Waals surface area contributed by atoms with Crippen LogP contribution in [0.15, 0.2) is 47.5 Å². The minimum absolute atomic E-state index is 0.0777. The summed E-state index contributed by atoms with van der Waals surface area (Å²) in [5.41, 5.74) is -1.71. The number of pyridine rings is 1. The number of rotatable bonds is 7. The highest BCUT2D eigenvalue weighted by molar-refractivity contribution is 7.92. The smallest absolute Gasteiger partial charge is 0.425 e. The summed E-state index contributed by atoms with van der Waals surface area (Å²) < 4.78 is 92.8. The molecule has 1 saturated carbocycles. The van der Waals surface area contributed by atoms with Gasteiger partial charge < -0.3 is 19.3 Å². The third-order valence-corrected chi connectivity index (χ3v) is 10.3. The van der Waals surface area contributed by atoms with E-state index < -0.39 is 79.1 Å². The van der Waals surface area contributed by atoms with E-state index in [4.69, 9.17) is 14.2 Å². The van der Waals surface area contributed by atoms with Gasteiger partial charge in [-0.25, -0.2) is 36.2 Å². The van der Waals surface area contributed by atoms with E-state index in [2.05, 4.69) is 10.1 Å². The maximum atomic E-state index is 16.2. The number of carbonyl (C=O) groups excluding carboxylic acids is 1. The van der Waals surface area contributed by atoms with Gasteiger partial charge in [-0.05, 0) is 77.1 Å². The molecule has 52 heavy (non-hydrogen) atoms. The third kappa shape index (κ3) is 7.04. The Hall–Kier alpha value is -4.74. The Balaban J connectivity index is 1.54. The number of nitrogens with zero attached hydrogens (tertiary/aromatic N) is 4. The number of ether oxygens (including phenoxy) is 3. The van der Waals surface area contributed by atoms with Crippen molar-refractivity contribution in [3.63, 3.8) is 0 Å². The van der Waals surface area contributed by atoms with Crippen LogP contribution in [0.25, 0.3) is 22.2 Å². The van der Waals surface area contributed by atoms with Crippen molar-refractivity contribution in [1.29, 1.82) is 0 Å². The van der Waals surface area contributed by atoms with Crippen LogP contribution in [0.2, 0.25) is 0 Å². The molecule has 2 aromatic heterocycles. The van der Waals surface area contributed by atoms with Gasteiger partial charge in [-0.15, -0.1) is 0 Å². The predicted molar refractivity (Wildman–Crippen MR) is 183 cm³/mol. The van der Waals surface area contributed by atoms with Crippen LogP contribution >= 0.6 is 0 Å². The van der Waals surface area contributed by atoms with Crippen molar-refractivity contribution >= 4 is 44.6 Å². The van der Waals surface area contributed by atoms with E-state index in [1.54, 1.807) is 34.6 Å². The minimum atomic E-state index is -4.68. The summed E-state index contributed by atoms with van der Waals surface area (Å²) in [6, 6.07) is 5.27. The Morgan fingerprint density at radius 1 is 1.06 bits per heavy atom. The molecular formula is C35H38F3N5O8S. The number of amides is 2. The number of sulfonamides is 1. The number of halogens is 3. The summed E-state index contributed by atoms with van der Waals surface area (Å²) in [5.74, 6) is -4.82. The van der Waals surface area contributed by atoms with Crippen LogP contribution in [0.3, 0.4) is 0 Å². The fourth-order valence-corrected chi connectivity index (χ4v) is 7.73. The van der Waals surface area contributed by atoms with E-state index in [0.29, 0.717) is 62.1 Å². The number of hydrogen-bond acceptors (Lipinski definition) is 9. The van der Waals surface area contributed by atoms with Gasteiger partial charge in [-0.2, -0.15) is 10.00 Å². The van der Waals surface area contributed by atoms with Crippen molar-refractivity contribution in [1.82, 2.24) is 14.8 Å². The molecule has 6 rings (SSSR count). The van der Waals surface area contributed by atoms with Crippen molar-refractivity contribution in [2.24, 2.45) is 0 Å². The van der Waals surface area contributed by atoms with Gasteiger partial charge in [-0.1, -0.05) is 12.1 Å². The summed E-state index contributed by atoms with van der Waals surface area (Å²) in [6.07, 6.45) is 0.716. The molecule has 3 heterocycles. The maximum absolute atomic E-state index is 16.2. The van der Waals surface area contributed by atoms with E-state index >= 15 is 8.78 Å². The van der Waals surface area contributed by atoms with Crippen molar-refractivity contribution in [2.45, 2.75) is 88.5 Å². The second kappa shape index (κ2) is 13.7. The molecule has 2 aromatic carbocycles.